The van der Waals surface area contributed by atoms with E-state index in [1.165, 1.54) is 6.08 Å². The Morgan fingerprint density at radius 1 is 1.33 bits per heavy atom. The van der Waals surface area contributed by atoms with Crippen molar-refractivity contribution in [2.45, 2.75) is 43.7 Å². The zero-order valence-electron chi connectivity index (χ0n) is 9.81. The summed E-state index contributed by atoms with van der Waals surface area (Å²) in [5, 5.41) is 37.7. The highest BCUT2D eigenvalue weighted by Gasteiger charge is 2.50. The predicted octanol–water partition coefficient (Wildman–Crippen LogP) is -1.19. The van der Waals surface area contributed by atoms with Crippen molar-refractivity contribution in [1.82, 2.24) is 0 Å². The summed E-state index contributed by atoms with van der Waals surface area (Å²) in [5.74, 6) is -2.30. The normalized spacial score (nSPS) is 36.6. The molecule has 1 fully saturated rings. The summed E-state index contributed by atoms with van der Waals surface area (Å²) in [6.07, 6.45) is -2.63. The molecule has 1 saturated carbocycles. The van der Waals surface area contributed by atoms with Gasteiger partial charge in [0.15, 0.2) is 5.60 Å². The largest absolute Gasteiger partial charge is 0.479 e. The third kappa shape index (κ3) is 3.06. The van der Waals surface area contributed by atoms with Crippen LogP contribution in [0.2, 0.25) is 0 Å². The Hall–Kier alpha value is -1.44. The van der Waals surface area contributed by atoms with Crippen molar-refractivity contribution in [1.29, 1.82) is 0 Å². The van der Waals surface area contributed by atoms with Crippen LogP contribution in [0.3, 0.4) is 0 Å². The molecule has 1 aliphatic carbocycles. The lowest BCUT2D eigenvalue weighted by Gasteiger charge is -2.39. The van der Waals surface area contributed by atoms with Crippen LogP contribution in [0.1, 0.15) is 19.8 Å². The maximum absolute atomic E-state index is 11.2. The maximum Gasteiger partial charge on any atom is 0.335 e. The first kappa shape index (κ1) is 14.6. The molecule has 1 rings (SSSR count). The average Bonchev–Trinajstić information content (AvgIpc) is 2.25. The number of carbonyl (C=O) groups excluding carboxylic acids is 1. The van der Waals surface area contributed by atoms with Gasteiger partial charge in [0.2, 0.25) is 0 Å². The first-order chi connectivity index (χ1) is 8.30. The van der Waals surface area contributed by atoms with Crippen LogP contribution in [0.25, 0.3) is 0 Å². The van der Waals surface area contributed by atoms with Gasteiger partial charge in [-0.1, -0.05) is 6.08 Å². The maximum atomic E-state index is 11.2. The lowest BCUT2D eigenvalue weighted by Crippen LogP contribution is -2.57. The fourth-order valence-corrected chi connectivity index (χ4v) is 1.86. The van der Waals surface area contributed by atoms with E-state index in [1.54, 1.807) is 6.92 Å². The summed E-state index contributed by atoms with van der Waals surface area (Å²) in [5.41, 5.74) is -2.21. The van der Waals surface area contributed by atoms with Crippen LogP contribution >= 0.6 is 0 Å². The van der Waals surface area contributed by atoms with E-state index < -0.39 is 48.7 Å². The summed E-state index contributed by atoms with van der Waals surface area (Å²) < 4.78 is 4.80. The molecule has 7 heteroatoms. The van der Waals surface area contributed by atoms with Crippen LogP contribution in [-0.2, 0) is 14.3 Å². The molecule has 1 aliphatic rings. The van der Waals surface area contributed by atoms with Gasteiger partial charge in [0, 0.05) is 18.9 Å². The topological polar surface area (TPSA) is 124 Å². The minimum atomic E-state index is -2.21. The number of aliphatic hydroxyl groups excluding tert-OH is 2. The minimum absolute atomic E-state index is 0.468. The number of aliphatic carboxylic acids is 1. The Morgan fingerprint density at radius 3 is 2.44 bits per heavy atom. The molecule has 4 unspecified atom stereocenters. The lowest BCUT2D eigenvalue weighted by molar-refractivity contribution is -0.196. The Morgan fingerprint density at radius 2 is 1.94 bits per heavy atom. The number of aliphatic hydroxyl groups is 3. The second-order valence-electron chi connectivity index (χ2n) is 4.28. The summed E-state index contributed by atoms with van der Waals surface area (Å²) >= 11 is 0. The highest BCUT2D eigenvalue weighted by Crippen LogP contribution is 2.31. The van der Waals surface area contributed by atoms with Gasteiger partial charge in [-0.15, -0.1) is 0 Å². The van der Waals surface area contributed by atoms with Crippen molar-refractivity contribution < 1.29 is 34.8 Å². The second kappa shape index (κ2) is 5.47. The van der Waals surface area contributed by atoms with Crippen LogP contribution in [0.4, 0.5) is 0 Å². The Bertz CT molecular complexity index is 364. The van der Waals surface area contributed by atoms with Gasteiger partial charge in [0.25, 0.3) is 0 Å². The van der Waals surface area contributed by atoms with E-state index in [0.717, 1.165) is 6.08 Å². The molecule has 4 N–H and O–H groups in total. The number of allylic oxidation sites excluding steroid dienone is 1. The molecule has 0 saturated heterocycles. The van der Waals surface area contributed by atoms with Gasteiger partial charge in [0.05, 0.1) is 6.10 Å². The highest BCUT2D eigenvalue weighted by atomic mass is 16.6. The van der Waals surface area contributed by atoms with E-state index in [9.17, 15) is 24.9 Å². The molecule has 7 nitrogen and oxygen atoms in total. The molecule has 0 radical (unpaired) electrons. The van der Waals surface area contributed by atoms with Gasteiger partial charge in [-0.25, -0.2) is 9.59 Å². The Labute approximate surface area is 103 Å². The van der Waals surface area contributed by atoms with E-state index in [-0.39, 0.29) is 0 Å². The molecule has 0 aromatic carbocycles. The van der Waals surface area contributed by atoms with Gasteiger partial charge in [-0.2, -0.15) is 0 Å². The number of carbonyl (C=O) groups is 2. The fraction of sp³-hybridized carbons (Fsp3) is 0.636. The van der Waals surface area contributed by atoms with Crippen LogP contribution in [-0.4, -0.2) is 56.3 Å². The summed E-state index contributed by atoms with van der Waals surface area (Å²) in [6, 6.07) is 0. The second-order valence-corrected chi connectivity index (χ2v) is 4.28. The third-order valence-electron chi connectivity index (χ3n) is 2.83. The van der Waals surface area contributed by atoms with Gasteiger partial charge >= 0.3 is 11.9 Å². The Kier molecular flexibility index (Phi) is 4.44. The standard InChI is InChI=1S/C11H16O7/c1-2-3-8(13)18-7-5-11(17,10(15)16)4-6(12)9(7)14/h2-3,6-7,9,12,14,17H,4-5H2,1H3,(H,15,16). The quantitative estimate of drug-likeness (QED) is 0.371. The number of carboxylic acid groups (broad SMARTS) is 1. The van der Waals surface area contributed by atoms with E-state index in [4.69, 9.17) is 9.84 Å². The Balaban J connectivity index is 2.82. The van der Waals surface area contributed by atoms with Gasteiger partial charge in [-0.3, -0.25) is 0 Å². The summed E-state index contributed by atoms with van der Waals surface area (Å²) in [7, 11) is 0. The van der Waals surface area contributed by atoms with Gasteiger partial charge < -0.3 is 25.2 Å². The molecule has 0 aromatic heterocycles. The third-order valence-corrected chi connectivity index (χ3v) is 2.83. The highest BCUT2D eigenvalue weighted by molar-refractivity contribution is 5.82. The lowest BCUT2D eigenvalue weighted by atomic mass is 9.79. The first-order valence-corrected chi connectivity index (χ1v) is 5.45. The summed E-state index contributed by atoms with van der Waals surface area (Å²) in [6.45, 7) is 1.58. The molecule has 0 amide bonds. The predicted molar refractivity (Wildman–Crippen MR) is 58.5 cm³/mol. The molecule has 0 spiro atoms. The molecule has 0 aromatic rings. The van der Waals surface area contributed by atoms with Crippen LogP contribution < -0.4 is 0 Å². The van der Waals surface area contributed by atoms with E-state index in [2.05, 4.69) is 0 Å². The van der Waals surface area contributed by atoms with Crippen LogP contribution in [0.5, 0.6) is 0 Å². The summed E-state index contributed by atoms with van der Waals surface area (Å²) in [4.78, 5) is 22.1. The van der Waals surface area contributed by atoms with Gasteiger partial charge in [0.1, 0.15) is 12.2 Å². The molecule has 0 bridgehead atoms. The van der Waals surface area contributed by atoms with Crippen molar-refractivity contribution in [3.63, 3.8) is 0 Å². The van der Waals surface area contributed by atoms with Crippen molar-refractivity contribution in [3.8, 4) is 0 Å². The molecule has 0 aliphatic heterocycles. The first-order valence-electron chi connectivity index (χ1n) is 5.45. The van der Waals surface area contributed by atoms with Crippen molar-refractivity contribution in [3.05, 3.63) is 12.2 Å². The number of rotatable bonds is 3. The monoisotopic (exact) mass is 260 g/mol. The number of esters is 1. The van der Waals surface area contributed by atoms with E-state index >= 15 is 0 Å². The average molecular weight is 260 g/mol. The molecular formula is C11H16O7. The van der Waals surface area contributed by atoms with E-state index in [1.807, 2.05) is 0 Å². The number of ether oxygens (including phenoxy) is 1. The van der Waals surface area contributed by atoms with E-state index in [0.29, 0.717) is 0 Å². The van der Waals surface area contributed by atoms with Crippen molar-refractivity contribution >= 4 is 11.9 Å². The molecule has 0 heterocycles. The zero-order valence-corrected chi connectivity index (χ0v) is 9.81. The van der Waals surface area contributed by atoms with Crippen molar-refractivity contribution in [2.24, 2.45) is 0 Å². The fourth-order valence-electron chi connectivity index (χ4n) is 1.86. The van der Waals surface area contributed by atoms with Gasteiger partial charge in [-0.05, 0) is 6.92 Å². The SMILES string of the molecule is CC=CC(=O)OC1CC(O)(C(=O)O)CC(O)C1O. The molecular weight excluding hydrogens is 244 g/mol. The van der Waals surface area contributed by atoms with Crippen molar-refractivity contribution in [2.75, 3.05) is 0 Å². The molecule has 102 valence electrons. The molecule has 18 heavy (non-hydrogen) atoms. The number of carboxylic acids is 1. The minimum Gasteiger partial charge on any atom is -0.479 e. The number of hydrogen-bond acceptors (Lipinski definition) is 6. The smallest absolute Gasteiger partial charge is 0.335 e. The zero-order chi connectivity index (χ0) is 13.9. The van der Waals surface area contributed by atoms with Crippen LogP contribution in [0.15, 0.2) is 12.2 Å². The van der Waals surface area contributed by atoms with Crippen LogP contribution in [0, 0.1) is 0 Å². The number of hydrogen-bond donors (Lipinski definition) is 4. The molecule has 4 atom stereocenters.